The number of aromatic amines is 1. The van der Waals surface area contributed by atoms with Gasteiger partial charge in [-0.25, -0.2) is 9.78 Å². The normalized spacial score (nSPS) is 11.2. The lowest BCUT2D eigenvalue weighted by Gasteiger charge is -2.04. The minimum Gasteiger partial charge on any atom is -0.302 e. The number of hydrogen-bond donors (Lipinski definition) is 2. The molecule has 154 valence electrons. The summed E-state index contributed by atoms with van der Waals surface area (Å²) in [5.74, 6) is -0.368. The molecule has 0 radical (unpaired) electrons. The highest BCUT2D eigenvalue weighted by Crippen LogP contribution is 2.28. The number of benzene rings is 1. The van der Waals surface area contributed by atoms with Gasteiger partial charge in [-0.1, -0.05) is 17.7 Å². The molecule has 0 saturated heterocycles. The Hall–Kier alpha value is -3.24. The molecule has 0 aliphatic heterocycles. The molecule has 1 aromatic carbocycles. The van der Waals surface area contributed by atoms with Crippen molar-refractivity contribution in [3.05, 3.63) is 60.7 Å². The summed E-state index contributed by atoms with van der Waals surface area (Å²) in [5.41, 5.74) is 2.14. The molecule has 0 saturated carbocycles. The number of H-pyrrole nitrogens is 1. The van der Waals surface area contributed by atoms with Gasteiger partial charge in [0.2, 0.25) is 5.91 Å². The van der Waals surface area contributed by atoms with Crippen LogP contribution in [0.15, 0.2) is 33.2 Å². The summed E-state index contributed by atoms with van der Waals surface area (Å²) in [4.78, 5) is 41.5. The number of thiazole rings is 1. The van der Waals surface area contributed by atoms with E-state index in [1.807, 2.05) is 24.4 Å². The first kappa shape index (κ1) is 20.0. The number of nitrogens with one attached hydrogen (secondary N) is 2. The summed E-state index contributed by atoms with van der Waals surface area (Å²) in [6.07, 6.45) is -0.136. The Kier molecular flexibility index (Phi) is 5.04. The van der Waals surface area contributed by atoms with E-state index in [1.54, 1.807) is 6.07 Å². The van der Waals surface area contributed by atoms with Crippen LogP contribution in [-0.2, 0) is 25.3 Å². The molecule has 3 aromatic heterocycles. The number of aromatic nitrogens is 5. The van der Waals surface area contributed by atoms with Crippen LogP contribution in [0.5, 0.6) is 0 Å². The number of fused-ring (bicyclic) bond motifs is 1. The van der Waals surface area contributed by atoms with Crippen molar-refractivity contribution in [2.45, 2.75) is 13.3 Å². The second-order valence-corrected chi connectivity index (χ2v) is 8.09. The third kappa shape index (κ3) is 3.44. The second kappa shape index (κ2) is 7.54. The van der Waals surface area contributed by atoms with Crippen LogP contribution in [0.4, 0.5) is 5.13 Å². The maximum atomic E-state index is 12.5. The number of hydrogen-bond acceptors (Lipinski definition) is 6. The lowest BCUT2D eigenvalue weighted by molar-refractivity contribution is -0.115. The SMILES string of the molecule is Cc1cc(-c2csc(NC(=O)Cc3n[nH]c4c3c(=O)n(C)c(=O)n4C)n2)ccc1Cl. The van der Waals surface area contributed by atoms with E-state index in [0.29, 0.717) is 10.2 Å². The predicted octanol–water partition coefficient (Wildman–Crippen LogP) is 2.23. The van der Waals surface area contributed by atoms with Crippen molar-refractivity contribution >= 4 is 45.0 Å². The Labute approximate surface area is 179 Å². The van der Waals surface area contributed by atoms with Gasteiger partial charge in [-0.2, -0.15) is 5.10 Å². The zero-order chi connectivity index (χ0) is 21.6. The second-order valence-electron chi connectivity index (χ2n) is 6.83. The Morgan fingerprint density at radius 3 is 2.77 bits per heavy atom. The van der Waals surface area contributed by atoms with Gasteiger partial charge in [0.25, 0.3) is 5.56 Å². The smallest absolute Gasteiger partial charge is 0.302 e. The van der Waals surface area contributed by atoms with Crippen LogP contribution < -0.4 is 16.6 Å². The monoisotopic (exact) mass is 444 g/mol. The van der Waals surface area contributed by atoms with Gasteiger partial charge >= 0.3 is 5.69 Å². The summed E-state index contributed by atoms with van der Waals surface area (Å²) in [7, 11) is 2.91. The molecule has 0 atom stereocenters. The largest absolute Gasteiger partial charge is 0.332 e. The average Bonchev–Trinajstić information content (AvgIpc) is 3.34. The predicted molar refractivity (Wildman–Crippen MR) is 116 cm³/mol. The van der Waals surface area contributed by atoms with Crippen molar-refractivity contribution < 1.29 is 4.79 Å². The van der Waals surface area contributed by atoms with Crippen molar-refractivity contribution in [1.82, 2.24) is 24.3 Å². The van der Waals surface area contributed by atoms with Crippen LogP contribution in [0.1, 0.15) is 11.3 Å². The van der Waals surface area contributed by atoms with E-state index in [1.165, 1.54) is 30.0 Å². The van der Waals surface area contributed by atoms with Gasteiger partial charge in [-0.05, 0) is 24.6 Å². The number of carbonyl (C=O) groups excluding carboxylic acids is 1. The van der Waals surface area contributed by atoms with Crippen LogP contribution in [0.3, 0.4) is 0 Å². The van der Waals surface area contributed by atoms with E-state index in [2.05, 4.69) is 20.5 Å². The minimum atomic E-state index is -0.501. The molecule has 0 aliphatic carbocycles. The molecule has 0 fully saturated rings. The van der Waals surface area contributed by atoms with Gasteiger partial charge < -0.3 is 5.32 Å². The topological polar surface area (TPSA) is 115 Å². The molecule has 11 heteroatoms. The van der Waals surface area contributed by atoms with Gasteiger partial charge in [0, 0.05) is 30.1 Å². The lowest BCUT2D eigenvalue weighted by Crippen LogP contribution is -2.37. The number of nitrogens with zero attached hydrogens (tertiary/aromatic N) is 4. The first-order valence-corrected chi connectivity index (χ1v) is 10.2. The molecular formula is C19H17ClN6O3S. The van der Waals surface area contributed by atoms with Crippen molar-refractivity contribution in [2.75, 3.05) is 5.32 Å². The highest BCUT2D eigenvalue weighted by molar-refractivity contribution is 7.14. The maximum absolute atomic E-state index is 12.5. The van der Waals surface area contributed by atoms with Crippen LogP contribution in [-0.4, -0.2) is 30.2 Å². The van der Waals surface area contributed by atoms with E-state index in [0.717, 1.165) is 21.4 Å². The molecule has 0 aliphatic rings. The maximum Gasteiger partial charge on any atom is 0.332 e. The molecule has 0 unspecified atom stereocenters. The number of carbonyl (C=O) groups is 1. The number of amides is 1. The lowest BCUT2D eigenvalue weighted by atomic mass is 10.1. The molecule has 4 aromatic rings. The Morgan fingerprint density at radius 2 is 2.03 bits per heavy atom. The molecule has 4 rings (SSSR count). The van der Waals surface area contributed by atoms with E-state index >= 15 is 0 Å². The molecule has 1 amide bonds. The Bertz CT molecular complexity index is 1410. The summed E-state index contributed by atoms with van der Waals surface area (Å²) in [6, 6.07) is 5.60. The molecular weight excluding hydrogens is 428 g/mol. The third-order valence-electron chi connectivity index (χ3n) is 4.78. The highest BCUT2D eigenvalue weighted by atomic mass is 35.5. The van der Waals surface area contributed by atoms with Crippen LogP contribution in [0, 0.1) is 6.92 Å². The van der Waals surface area contributed by atoms with Gasteiger partial charge in [0.15, 0.2) is 5.13 Å². The summed E-state index contributed by atoms with van der Waals surface area (Å²) in [5, 5.41) is 12.6. The Morgan fingerprint density at radius 1 is 1.27 bits per heavy atom. The molecule has 0 spiro atoms. The van der Waals surface area contributed by atoms with E-state index in [4.69, 9.17) is 11.6 Å². The van der Waals surface area contributed by atoms with Gasteiger partial charge in [-0.15, -0.1) is 11.3 Å². The first-order valence-electron chi connectivity index (χ1n) is 8.91. The number of anilines is 1. The number of halogens is 1. The van der Waals surface area contributed by atoms with Crippen LogP contribution in [0.25, 0.3) is 22.3 Å². The minimum absolute atomic E-state index is 0.136. The van der Waals surface area contributed by atoms with Gasteiger partial charge in [-0.3, -0.25) is 23.8 Å². The molecule has 30 heavy (non-hydrogen) atoms. The van der Waals surface area contributed by atoms with E-state index in [-0.39, 0.29) is 29.1 Å². The standard InChI is InChI=1S/C19H17ClN6O3S/c1-9-6-10(4-5-11(9)20)13-8-30-18(21-13)22-14(27)7-12-15-16(24-23-12)25(2)19(29)26(3)17(15)28/h4-6,8H,7H2,1-3H3,(H,23,24)(H,21,22,27). The van der Waals surface area contributed by atoms with Crippen molar-refractivity contribution in [3.63, 3.8) is 0 Å². The van der Waals surface area contributed by atoms with Crippen LogP contribution in [0.2, 0.25) is 5.02 Å². The summed E-state index contributed by atoms with van der Waals surface area (Å²) in [6.45, 7) is 1.91. The highest BCUT2D eigenvalue weighted by Gasteiger charge is 2.18. The van der Waals surface area contributed by atoms with Gasteiger partial charge in [0.05, 0.1) is 17.8 Å². The molecule has 9 nitrogen and oxygen atoms in total. The van der Waals surface area contributed by atoms with E-state index in [9.17, 15) is 14.4 Å². The summed E-state index contributed by atoms with van der Waals surface area (Å²) < 4.78 is 2.27. The summed E-state index contributed by atoms with van der Waals surface area (Å²) >= 11 is 7.36. The Balaban J connectivity index is 1.56. The molecule has 0 bridgehead atoms. The van der Waals surface area contributed by atoms with Crippen molar-refractivity contribution in [1.29, 1.82) is 0 Å². The number of aryl methyl sites for hydroxylation is 2. The fourth-order valence-electron chi connectivity index (χ4n) is 3.12. The first-order chi connectivity index (χ1) is 14.3. The number of rotatable bonds is 4. The molecule has 2 N–H and O–H groups in total. The third-order valence-corrected chi connectivity index (χ3v) is 5.96. The van der Waals surface area contributed by atoms with Crippen molar-refractivity contribution in [2.24, 2.45) is 14.1 Å². The fraction of sp³-hybridized carbons (Fsp3) is 0.211. The van der Waals surface area contributed by atoms with Crippen LogP contribution >= 0.6 is 22.9 Å². The quantitative estimate of drug-likeness (QED) is 0.501. The van der Waals surface area contributed by atoms with Gasteiger partial charge in [0.1, 0.15) is 11.0 Å². The zero-order valence-electron chi connectivity index (χ0n) is 16.3. The molecule has 3 heterocycles. The van der Waals surface area contributed by atoms with E-state index < -0.39 is 11.2 Å². The average molecular weight is 445 g/mol. The zero-order valence-corrected chi connectivity index (χ0v) is 17.9. The van der Waals surface area contributed by atoms with Crippen molar-refractivity contribution in [3.8, 4) is 11.3 Å². The fourth-order valence-corrected chi connectivity index (χ4v) is 3.98.